The zero-order valence-electron chi connectivity index (χ0n) is 21.9. The predicted octanol–water partition coefficient (Wildman–Crippen LogP) is 4.85. The zero-order valence-corrected chi connectivity index (χ0v) is 23.6. The van der Waals surface area contributed by atoms with Gasteiger partial charge in [-0.05, 0) is 44.3 Å². The van der Waals surface area contributed by atoms with E-state index in [-0.39, 0.29) is 29.6 Å². The molecule has 0 aliphatic carbocycles. The molecule has 206 valence electrons. The largest absolute Gasteiger partial charge is 0.492 e. The van der Waals surface area contributed by atoms with Gasteiger partial charge in [0.25, 0.3) is 11.6 Å². The average Bonchev–Trinajstić information content (AvgIpc) is 3.36. The molecule has 1 saturated heterocycles. The number of morpholine rings is 1. The topological polar surface area (TPSA) is 101 Å². The molecule has 1 fully saturated rings. The van der Waals surface area contributed by atoms with Crippen LogP contribution < -0.4 is 14.5 Å². The maximum absolute atomic E-state index is 13.9. The summed E-state index contributed by atoms with van der Waals surface area (Å²) >= 11 is 1.41. The first-order valence-electron chi connectivity index (χ1n) is 12.6. The van der Waals surface area contributed by atoms with Gasteiger partial charge in [0.05, 0.1) is 29.4 Å². The quantitative estimate of drug-likeness (QED) is 0.241. The molecule has 1 aliphatic heterocycles. The smallest absolute Gasteiger partial charge is 0.293 e. The van der Waals surface area contributed by atoms with Crippen LogP contribution in [0.1, 0.15) is 31.1 Å². The molecular formula is C26H34ClN5O5S. The summed E-state index contributed by atoms with van der Waals surface area (Å²) in [6.45, 7) is 11.5. The molecule has 1 aliphatic rings. The minimum absolute atomic E-state index is 0. The van der Waals surface area contributed by atoms with Crippen molar-refractivity contribution >= 4 is 56.4 Å². The zero-order chi connectivity index (χ0) is 26.4. The van der Waals surface area contributed by atoms with E-state index < -0.39 is 4.92 Å². The Hall–Kier alpha value is -2.99. The molecule has 0 radical (unpaired) electrons. The van der Waals surface area contributed by atoms with Crippen LogP contribution in [-0.4, -0.2) is 79.8 Å². The third-order valence-corrected chi connectivity index (χ3v) is 7.50. The number of likely N-dealkylation sites (N-methyl/N-ethyl adjacent to an activating group) is 1. The summed E-state index contributed by atoms with van der Waals surface area (Å²) in [5.41, 5.74) is 1.38. The van der Waals surface area contributed by atoms with E-state index in [9.17, 15) is 14.9 Å². The van der Waals surface area contributed by atoms with Crippen LogP contribution in [0.5, 0.6) is 5.75 Å². The molecular weight excluding hydrogens is 530 g/mol. The minimum Gasteiger partial charge on any atom is -0.492 e. The number of thiazole rings is 1. The molecule has 0 N–H and O–H groups in total. The second-order valence-electron chi connectivity index (χ2n) is 8.58. The van der Waals surface area contributed by atoms with E-state index in [2.05, 4.69) is 18.7 Å². The molecule has 10 nitrogen and oxygen atoms in total. The third-order valence-electron chi connectivity index (χ3n) is 6.45. The second kappa shape index (κ2) is 13.7. The van der Waals surface area contributed by atoms with E-state index >= 15 is 0 Å². The van der Waals surface area contributed by atoms with Gasteiger partial charge in [0, 0.05) is 37.8 Å². The van der Waals surface area contributed by atoms with Crippen LogP contribution in [0.4, 0.5) is 16.5 Å². The number of carbonyl (C=O) groups is 1. The fraction of sp³-hybridized carbons (Fsp3) is 0.462. The highest BCUT2D eigenvalue weighted by molar-refractivity contribution is 7.22. The van der Waals surface area contributed by atoms with Crippen molar-refractivity contribution in [3.63, 3.8) is 0 Å². The van der Waals surface area contributed by atoms with Crippen LogP contribution in [0.2, 0.25) is 0 Å². The molecule has 3 aromatic rings. The van der Waals surface area contributed by atoms with Crippen molar-refractivity contribution in [1.82, 2.24) is 9.88 Å². The van der Waals surface area contributed by atoms with Crippen molar-refractivity contribution in [3.05, 3.63) is 52.1 Å². The molecule has 0 saturated carbocycles. The van der Waals surface area contributed by atoms with E-state index in [1.165, 1.54) is 17.4 Å². The Morgan fingerprint density at radius 1 is 1.16 bits per heavy atom. The number of hydrogen-bond donors (Lipinski definition) is 0. The number of nitro groups is 1. The Kier molecular flexibility index (Phi) is 10.7. The Bertz CT molecular complexity index is 1250. The van der Waals surface area contributed by atoms with Crippen molar-refractivity contribution in [2.24, 2.45) is 0 Å². The average molecular weight is 564 g/mol. The molecule has 0 atom stereocenters. The lowest BCUT2D eigenvalue weighted by Gasteiger charge is -2.29. The summed E-state index contributed by atoms with van der Waals surface area (Å²) in [5.74, 6) is 0.352. The monoisotopic (exact) mass is 563 g/mol. The number of halogens is 1. The lowest BCUT2D eigenvalue weighted by molar-refractivity contribution is -0.384. The molecule has 4 rings (SSSR count). The van der Waals surface area contributed by atoms with E-state index in [1.54, 1.807) is 17.0 Å². The van der Waals surface area contributed by atoms with Crippen molar-refractivity contribution < 1.29 is 19.2 Å². The van der Waals surface area contributed by atoms with Gasteiger partial charge in [-0.15, -0.1) is 12.4 Å². The van der Waals surface area contributed by atoms with Gasteiger partial charge in [-0.25, -0.2) is 4.98 Å². The normalized spacial score (nSPS) is 13.4. The molecule has 38 heavy (non-hydrogen) atoms. The third kappa shape index (κ3) is 6.52. The SMILES string of the molecule is CCOc1cccc2sc(N(CCN(CC)CC)C(=O)c3ccc(N4CCOCC4)c([N+](=O)[O-])c3)nc12.Cl. The summed E-state index contributed by atoms with van der Waals surface area (Å²) in [6, 6.07) is 10.5. The Balaban J connectivity index is 0.00000400. The summed E-state index contributed by atoms with van der Waals surface area (Å²) in [5, 5.41) is 12.5. The molecule has 1 aromatic heterocycles. The standard InChI is InChI=1S/C26H33N5O5S.ClH/c1-4-28(5-2)12-13-30(26-27-24-22(36-6-3)8-7-9-23(24)37-26)25(32)19-10-11-20(21(18-19)31(33)34)29-14-16-35-17-15-29;/h7-11,18H,4-6,12-17H2,1-3H3;1H. The summed E-state index contributed by atoms with van der Waals surface area (Å²) in [6.07, 6.45) is 0. The first-order valence-corrected chi connectivity index (χ1v) is 13.5. The number of carbonyl (C=O) groups excluding carboxylic acids is 1. The van der Waals surface area contributed by atoms with E-state index in [1.807, 2.05) is 30.0 Å². The highest BCUT2D eigenvalue weighted by Gasteiger charge is 2.27. The minimum atomic E-state index is -0.423. The highest BCUT2D eigenvalue weighted by atomic mass is 35.5. The van der Waals surface area contributed by atoms with Crippen LogP contribution in [0.25, 0.3) is 10.2 Å². The molecule has 1 amide bonds. The van der Waals surface area contributed by atoms with E-state index in [0.717, 1.165) is 17.8 Å². The van der Waals surface area contributed by atoms with Crippen LogP contribution in [0.3, 0.4) is 0 Å². The number of ether oxygens (including phenoxy) is 2. The summed E-state index contributed by atoms with van der Waals surface area (Å²) in [4.78, 5) is 36.0. The number of fused-ring (bicyclic) bond motifs is 1. The second-order valence-corrected chi connectivity index (χ2v) is 9.59. The number of hydrogen-bond acceptors (Lipinski definition) is 9. The molecule has 2 aromatic carbocycles. The first-order chi connectivity index (χ1) is 18.0. The molecule has 12 heteroatoms. The Morgan fingerprint density at radius 3 is 2.55 bits per heavy atom. The number of benzene rings is 2. The summed E-state index contributed by atoms with van der Waals surface area (Å²) < 4.78 is 12.0. The van der Waals surface area contributed by atoms with Gasteiger partial charge >= 0.3 is 0 Å². The predicted molar refractivity (Wildman–Crippen MR) is 154 cm³/mol. The molecule has 0 unspecified atom stereocenters. The molecule has 0 spiro atoms. The van der Waals surface area contributed by atoms with Gasteiger partial charge in [0.2, 0.25) is 0 Å². The van der Waals surface area contributed by atoms with Gasteiger partial charge in [-0.3, -0.25) is 19.8 Å². The van der Waals surface area contributed by atoms with Crippen molar-refractivity contribution in [2.45, 2.75) is 20.8 Å². The Morgan fingerprint density at radius 2 is 1.89 bits per heavy atom. The lowest BCUT2D eigenvalue weighted by atomic mass is 10.1. The number of nitrogens with zero attached hydrogens (tertiary/aromatic N) is 5. The van der Waals surface area contributed by atoms with Crippen molar-refractivity contribution in [3.8, 4) is 5.75 Å². The maximum Gasteiger partial charge on any atom is 0.293 e. The summed E-state index contributed by atoms with van der Waals surface area (Å²) in [7, 11) is 0. The van der Waals surface area contributed by atoms with Gasteiger partial charge in [0.15, 0.2) is 5.13 Å². The van der Waals surface area contributed by atoms with Crippen LogP contribution in [0.15, 0.2) is 36.4 Å². The number of amides is 1. The molecule has 0 bridgehead atoms. The van der Waals surface area contributed by atoms with Gasteiger partial charge in [0.1, 0.15) is 17.0 Å². The van der Waals surface area contributed by atoms with Crippen LogP contribution >= 0.6 is 23.7 Å². The number of para-hydroxylation sites is 1. The van der Waals surface area contributed by atoms with Crippen LogP contribution in [0, 0.1) is 10.1 Å². The van der Waals surface area contributed by atoms with Crippen LogP contribution in [-0.2, 0) is 4.74 Å². The number of anilines is 2. The van der Waals surface area contributed by atoms with Crippen molar-refractivity contribution in [2.75, 3.05) is 68.9 Å². The lowest BCUT2D eigenvalue weighted by Crippen LogP contribution is -2.39. The van der Waals surface area contributed by atoms with E-state index in [4.69, 9.17) is 14.5 Å². The maximum atomic E-state index is 13.9. The fourth-order valence-electron chi connectivity index (χ4n) is 4.39. The number of rotatable bonds is 11. The highest BCUT2D eigenvalue weighted by Crippen LogP contribution is 2.36. The number of aromatic nitrogens is 1. The fourth-order valence-corrected chi connectivity index (χ4v) is 5.40. The number of nitro benzene ring substituents is 1. The van der Waals surface area contributed by atoms with Gasteiger partial charge in [-0.1, -0.05) is 31.3 Å². The first kappa shape index (κ1) is 29.6. The Labute approximate surface area is 232 Å². The van der Waals surface area contributed by atoms with Gasteiger partial charge < -0.3 is 19.3 Å². The van der Waals surface area contributed by atoms with Crippen molar-refractivity contribution in [1.29, 1.82) is 0 Å². The van der Waals surface area contributed by atoms with Gasteiger partial charge in [-0.2, -0.15) is 0 Å². The molecule has 2 heterocycles. The van der Waals surface area contributed by atoms with E-state index in [0.29, 0.717) is 68.1 Å².